The smallest absolute Gasteiger partial charge is 0.311 e. The summed E-state index contributed by atoms with van der Waals surface area (Å²) in [7, 11) is 3.07. The van der Waals surface area contributed by atoms with Crippen molar-refractivity contribution in [3.05, 3.63) is 0 Å². The molecule has 2 atom stereocenters. The lowest BCUT2D eigenvalue weighted by Crippen LogP contribution is -2.24. The summed E-state index contributed by atoms with van der Waals surface area (Å²) in [5, 5.41) is 0. The lowest BCUT2D eigenvalue weighted by atomic mass is 9.89. The molecule has 2 unspecified atom stereocenters. The summed E-state index contributed by atoms with van der Waals surface area (Å²) in [6.45, 7) is 4.84. The second kappa shape index (κ2) is 9.64. The summed E-state index contributed by atoms with van der Waals surface area (Å²) in [6, 6.07) is 0. The van der Waals surface area contributed by atoms with Crippen LogP contribution in [-0.2, 0) is 14.3 Å². The number of carbonyl (C=O) groups excluding carboxylic acids is 1. The van der Waals surface area contributed by atoms with Crippen molar-refractivity contribution in [2.24, 2.45) is 11.8 Å². The molecular formula is C13H26O3. The summed E-state index contributed by atoms with van der Waals surface area (Å²) >= 11 is 0. The van der Waals surface area contributed by atoms with E-state index in [0.717, 1.165) is 12.8 Å². The molecule has 0 saturated heterocycles. The summed E-state index contributed by atoms with van der Waals surface area (Å²) < 4.78 is 9.87. The second-order valence-corrected chi connectivity index (χ2v) is 4.33. The van der Waals surface area contributed by atoms with Gasteiger partial charge in [0.1, 0.15) is 0 Å². The number of unbranched alkanes of at least 4 members (excludes halogenated alkanes) is 1. The van der Waals surface area contributed by atoms with Crippen LogP contribution in [0.25, 0.3) is 0 Å². The fraction of sp³-hybridized carbons (Fsp3) is 0.923. The van der Waals surface area contributed by atoms with Crippen LogP contribution in [0.4, 0.5) is 0 Å². The van der Waals surface area contributed by atoms with Gasteiger partial charge in [-0.25, -0.2) is 0 Å². The average molecular weight is 230 g/mol. The molecule has 0 aromatic heterocycles. The fourth-order valence-corrected chi connectivity index (χ4v) is 1.98. The van der Waals surface area contributed by atoms with Crippen LogP contribution in [0.1, 0.15) is 46.0 Å². The van der Waals surface area contributed by atoms with Crippen LogP contribution < -0.4 is 0 Å². The number of carbonyl (C=O) groups is 1. The highest BCUT2D eigenvalue weighted by Crippen LogP contribution is 2.22. The molecule has 0 heterocycles. The van der Waals surface area contributed by atoms with Crippen molar-refractivity contribution in [1.82, 2.24) is 0 Å². The van der Waals surface area contributed by atoms with Crippen molar-refractivity contribution in [2.75, 3.05) is 20.8 Å². The van der Waals surface area contributed by atoms with Crippen LogP contribution in [0.5, 0.6) is 0 Å². The Hall–Kier alpha value is -0.570. The maximum atomic E-state index is 11.5. The van der Waals surface area contributed by atoms with Gasteiger partial charge in [-0.3, -0.25) is 4.79 Å². The third-order valence-electron chi connectivity index (χ3n) is 3.06. The summed E-state index contributed by atoms with van der Waals surface area (Å²) in [5.74, 6) is 0.368. The molecule has 0 spiro atoms. The number of rotatable bonds is 9. The molecule has 0 aliphatic rings. The predicted molar refractivity (Wildman–Crippen MR) is 65.3 cm³/mol. The molecule has 0 amide bonds. The lowest BCUT2D eigenvalue weighted by Gasteiger charge is -2.20. The van der Waals surface area contributed by atoms with Crippen LogP contribution in [0, 0.1) is 11.8 Å². The Morgan fingerprint density at radius 2 is 1.94 bits per heavy atom. The number of hydrogen-bond acceptors (Lipinski definition) is 3. The third kappa shape index (κ3) is 6.11. The Bertz CT molecular complexity index is 180. The second-order valence-electron chi connectivity index (χ2n) is 4.33. The molecule has 0 bridgehead atoms. The zero-order valence-corrected chi connectivity index (χ0v) is 11.1. The van der Waals surface area contributed by atoms with E-state index in [1.165, 1.54) is 26.4 Å². The van der Waals surface area contributed by atoms with Crippen LogP contribution in [0.15, 0.2) is 0 Å². The monoisotopic (exact) mass is 230 g/mol. The first-order valence-corrected chi connectivity index (χ1v) is 6.26. The van der Waals surface area contributed by atoms with E-state index < -0.39 is 0 Å². The van der Waals surface area contributed by atoms with Gasteiger partial charge in [0.05, 0.1) is 19.6 Å². The average Bonchev–Trinajstić information content (AvgIpc) is 2.32. The minimum absolute atomic E-state index is 0.100. The molecule has 0 aliphatic carbocycles. The van der Waals surface area contributed by atoms with Crippen LogP contribution in [0.2, 0.25) is 0 Å². The van der Waals surface area contributed by atoms with Crippen LogP contribution in [-0.4, -0.2) is 26.8 Å². The molecule has 0 saturated carbocycles. The van der Waals surface area contributed by atoms with E-state index in [2.05, 4.69) is 13.8 Å². The first-order valence-electron chi connectivity index (χ1n) is 6.26. The van der Waals surface area contributed by atoms with Gasteiger partial charge in [-0.15, -0.1) is 0 Å². The van der Waals surface area contributed by atoms with Gasteiger partial charge in [0, 0.05) is 7.11 Å². The standard InChI is InChI=1S/C13H26O3/c1-5-7-8-11(6-2)9-12(10-15-3)13(14)16-4/h11-12H,5-10H2,1-4H3. The topological polar surface area (TPSA) is 35.5 Å². The predicted octanol–water partition coefficient (Wildman–Crippen LogP) is 3.03. The van der Waals surface area contributed by atoms with Crippen molar-refractivity contribution < 1.29 is 14.3 Å². The Morgan fingerprint density at radius 1 is 1.25 bits per heavy atom. The summed E-state index contributed by atoms with van der Waals surface area (Å²) in [5.41, 5.74) is 0. The molecule has 0 rings (SSSR count). The lowest BCUT2D eigenvalue weighted by molar-refractivity contribution is -0.148. The van der Waals surface area contributed by atoms with Crippen molar-refractivity contribution in [2.45, 2.75) is 46.0 Å². The molecule has 0 aromatic rings. The molecule has 3 heteroatoms. The zero-order chi connectivity index (χ0) is 12.4. The van der Waals surface area contributed by atoms with E-state index >= 15 is 0 Å². The molecule has 0 aromatic carbocycles. The first kappa shape index (κ1) is 15.4. The Balaban J connectivity index is 4.16. The number of esters is 1. The maximum absolute atomic E-state index is 11.5. The highest BCUT2D eigenvalue weighted by Gasteiger charge is 2.22. The van der Waals surface area contributed by atoms with E-state index in [4.69, 9.17) is 9.47 Å². The first-order chi connectivity index (χ1) is 7.69. The maximum Gasteiger partial charge on any atom is 0.311 e. The number of methoxy groups -OCH3 is 2. The summed E-state index contributed by atoms with van der Waals surface area (Å²) in [4.78, 5) is 11.5. The van der Waals surface area contributed by atoms with E-state index in [-0.39, 0.29) is 11.9 Å². The SMILES string of the molecule is CCCCC(CC)CC(COC)C(=O)OC. The minimum Gasteiger partial charge on any atom is -0.469 e. The van der Waals surface area contributed by atoms with Crippen molar-refractivity contribution in [3.63, 3.8) is 0 Å². The van der Waals surface area contributed by atoms with Crippen molar-refractivity contribution in [3.8, 4) is 0 Å². The minimum atomic E-state index is -0.142. The van der Waals surface area contributed by atoms with Crippen LogP contribution >= 0.6 is 0 Å². The van der Waals surface area contributed by atoms with Crippen molar-refractivity contribution >= 4 is 5.97 Å². The normalized spacial score (nSPS) is 14.5. The third-order valence-corrected chi connectivity index (χ3v) is 3.06. The van der Waals surface area contributed by atoms with Gasteiger partial charge in [-0.2, -0.15) is 0 Å². The molecule has 0 N–H and O–H groups in total. The molecule has 0 fully saturated rings. The largest absolute Gasteiger partial charge is 0.469 e. The van der Waals surface area contributed by atoms with Gasteiger partial charge in [0.25, 0.3) is 0 Å². The van der Waals surface area contributed by atoms with E-state index in [1.54, 1.807) is 7.11 Å². The molecule has 96 valence electrons. The van der Waals surface area contributed by atoms with Gasteiger partial charge >= 0.3 is 5.97 Å². The Morgan fingerprint density at radius 3 is 2.38 bits per heavy atom. The fourth-order valence-electron chi connectivity index (χ4n) is 1.98. The van der Waals surface area contributed by atoms with Gasteiger partial charge < -0.3 is 9.47 Å². The van der Waals surface area contributed by atoms with E-state index in [1.807, 2.05) is 0 Å². The van der Waals surface area contributed by atoms with Crippen molar-refractivity contribution in [1.29, 1.82) is 0 Å². The van der Waals surface area contributed by atoms with Crippen LogP contribution in [0.3, 0.4) is 0 Å². The highest BCUT2D eigenvalue weighted by atomic mass is 16.5. The van der Waals surface area contributed by atoms with Gasteiger partial charge in [0.2, 0.25) is 0 Å². The number of ether oxygens (including phenoxy) is 2. The zero-order valence-electron chi connectivity index (χ0n) is 11.1. The molecule has 16 heavy (non-hydrogen) atoms. The van der Waals surface area contributed by atoms with Gasteiger partial charge in [-0.1, -0.05) is 39.5 Å². The molecule has 0 radical (unpaired) electrons. The quantitative estimate of drug-likeness (QED) is 0.571. The van der Waals surface area contributed by atoms with Gasteiger partial charge in [0.15, 0.2) is 0 Å². The molecular weight excluding hydrogens is 204 g/mol. The van der Waals surface area contributed by atoms with E-state index in [9.17, 15) is 4.79 Å². The Labute approximate surface area is 99.5 Å². The Kier molecular flexibility index (Phi) is 9.30. The highest BCUT2D eigenvalue weighted by molar-refractivity contribution is 5.72. The molecule has 3 nitrogen and oxygen atoms in total. The number of hydrogen-bond donors (Lipinski definition) is 0. The molecule has 0 aliphatic heterocycles. The van der Waals surface area contributed by atoms with E-state index in [0.29, 0.717) is 12.5 Å². The summed E-state index contributed by atoms with van der Waals surface area (Å²) in [6.07, 6.45) is 5.65. The van der Waals surface area contributed by atoms with Gasteiger partial charge in [-0.05, 0) is 12.3 Å².